The van der Waals surface area contributed by atoms with Gasteiger partial charge in [-0.05, 0) is 43.0 Å². The highest BCUT2D eigenvalue weighted by Crippen LogP contribution is 2.24. The van der Waals surface area contributed by atoms with E-state index < -0.39 is 0 Å². The first-order chi connectivity index (χ1) is 13.2. The van der Waals surface area contributed by atoms with E-state index in [4.69, 9.17) is 0 Å². The number of aromatic amines is 1. The van der Waals surface area contributed by atoms with Crippen molar-refractivity contribution < 1.29 is 0 Å². The number of H-pyrrole nitrogens is 1. The Morgan fingerprint density at radius 1 is 1.00 bits per heavy atom. The lowest BCUT2D eigenvalue weighted by Gasteiger charge is -2.32. The van der Waals surface area contributed by atoms with Crippen molar-refractivity contribution in [2.75, 3.05) is 23.3 Å². The van der Waals surface area contributed by atoms with Gasteiger partial charge < -0.3 is 10.2 Å². The average Bonchev–Trinajstić information content (AvgIpc) is 2.70. The van der Waals surface area contributed by atoms with Crippen LogP contribution in [0.25, 0.3) is 11.3 Å². The lowest BCUT2D eigenvalue weighted by molar-refractivity contribution is 0.438. The van der Waals surface area contributed by atoms with E-state index >= 15 is 0 Å². The molecule has 2 heterocycles. The minimum atomic E-state index is -0.266. The maximum atomic E-state index is 12.3. The maximum absolute atomic E-state index is 12.3. The Morgan fingerprint density at radius 3 is 2.37 bits per heavy atom. The average molecular weight is 361 g/mol. The molecule has 27 heavy (non-hydrogen) atoms. The van der Waals surface area contributed by atoms with Crippen LogP contribution in [-0.2, 0) is 0 Å². The Balaban J connectivity index is 1.46. The number of piperidine rings is 1. The van der Waals surface area contributed by atoms with Gasteiger partial charge in [-0.2, -0.15) is 0 Å². The first-order valence-electron chi connectivity index (χ1n) is 9.33. The van der Waals surface area contributed by atoms with Crippen LogP contribution in [-0.4, -0.2) is 28.3 Å². The number of anilines is 3. The SMILES string of the molecule is CC1CCN(c2ccc(Nc3nnc(-c4ccccc4)c(=O)[nH]3)cc2)CC1. The molecule has 3 aromatic rings. The molecule has 1 aromatic heterocycles. The molecule has 1 saturated heterocycles. The van der Waals surface area contributed by atoms with Gasteiger partial charge >= 0.3 is 0 Å². The molecule has 1 aliphatic rings. The van der Waals surface area contributed by atoms with E-state index in [1.165, 1.54) is 18.5 Å². The topological polar surface area (TPSA) is 73.9 Å². The molecule has 2 aromatic carbocycles. The summed E-state index contributed by atoms with van der Waals surface area (Å²) in [4.78, 5) is 17.5. The van der Waals surface area contributed by atoms with Crippen LogP contribution in [0.1, 0.15) is 19.8 Å². The fraction of sp³-hybridized carbons (Fsp3) is 0.286. The summed E-state index contributed by atoms with van der Waals surface area (Å²) in [7, 11) is 0. The molecule has 1 aliphatic heterocycles. The van der Waals surface area contributed by atoms with E-state index in [9.17, 15) is 4.79 Å². The quantitative estimate of drug-likeness (QED) is 0.739. The van der Waals surface area contributed by atoms with Crippen LogP contribution in [0.15, 0.2) is 59.4 Å². The zero-order chi connectivity index (χ0) is 18.6. The van der Waals surface area contributed by atoms with E-state index in [1.807, 2.05) is 42.5 Å². The first kappa shape index (κ1) is 17.3. The second-order valence-corrected chi connectivity index (χ2v) is 7.06. The standard InChI is InChI=1S/C21H23N5O/c1-15-11-13-26(14-12-15)18-9-7-17(8-10-18)22-21-23-20(27)19(24-25-21)16-5-3-2-4-6-16/h2-10,15H,11-14H2,1H3,(H2,22,23,25,27). The summed E-state index contributed by atoms with van der Waals surface area (Å²) >= 11 is 0. The molecular weight excluding hydrogens is 338 g/mol. The largest absolute Gasteiger partial charge is 0.372 e. The number of hydrogen-bond donors (Lipinski definition) is 2. The Labute approximate surface area is 158 Å². The highest BCUT2D eigenvalue weighted by Gasteiger charge is 2.15. The molecule has 0 bridgehead atoms. The summed E-state index contributed by atoms with van der Waals surface area (Å²) in [6.45, 7) is 4.52. The maximum Gasteiger partial charge on any atom is 0.279 e. The van der Waals surface area contributed by atoms with Gasteiger partial charge in [0, 0.05) is 30.0 Å². The van der Waals surface area contributed by atoms with Gasteiger partial charge in [-0.15, -0.1) is 10.2 Å². The number of aromatic nitrogens is 3. The summed E-state index contributed by atoms with van der Waals surface area (Å²) in [5.41, 5.74) is 2.89. The Bertz CT molecular complexity index is 944. The lowest BCUT2D eigenvalue weighted by Crippen LogP contribution is -2.32. The van der Waals surface area contributed by atoms with Gasteiger partial charge in [-0.25, -0.2) is 0 Å². The zero-order valence-electron chi connectivity index (χ0n) is 15.4. The molecule has 138 valence electrons. The Kier molecular flexibility index (Phi) is 4.87. The van der Waals surface area contributed by atoms with Crippen molar-refractivity contribution in [3.63, 3.8) is 0 Å². The lowest BCUT2D eigenvalue weighted by atomic mass is 9.99. The number of rotatable bonds is 4. The molecule has 0 unspecified atom stereocenters. The first-order valence-corrected chi connectivity index (χ1v) is 9.33. The third-order valence-corrected chi connectivity index (χ3v) is 5.02. The molecule has 0 atom stereocenters. The molecular formula is C21H23N5O. The fourth-order valence-electron chi connectivity index (χ4n) is 3.34. The molecule has 0 spiro atoms. The van der Waals surface area contributed by atoms with Gasteiger partial charge in [-0.3, -0.25) is 9.78 Å². The van der Waals surface area contributed by atoms with Crippen molar-refractivity contribution in [3.05, 3.63) is 65.0 Å². The van der Waals surface area contributed by atoms with Crippen molar-refractivity contribution in [2.45, 2.75) is 19.8 Å². The van der Waals surface area contributed by atoms with Crippen LogP contribution >= 0.6 is 0 Å². The summed E-state index contributed by atoms with van der Waals surface area (Å²) in [6, 6.07) is 17.5. The van der Waals surface area contributed by atoms with Gasteiger partial charge in [0.05, 0.1) is 0 Å². The molecule has 2 N–H and O–H groups in total. The second-order valence-electron chi connectivity index (χ2n) is 7.06. The highest BCUT2D eigenvalue weighted by molar-refractivity contribution is 5.61. The molecule has 0 aliphatic carbocycles. The fourth-order valence-corrected chi connectivity index (χ4v) is 3.34. The Morgan fingerprint density at radius 2 is 1.70 bits per heavy atom. The summed E-state index contributed by atoms with van der Waals surface area (Å²) in [5, 5.41) is 11.3. The third kappa shape index (κ3) is 4.00. The van der Waals surface area contributed by atoms with Gasteiger partial charge in [0.25, 0.3) is 5.56 Å². The third-order valence-electron chi connectivity index (χ3n) is 5.02. The molecule has 4 rings (SSSR count). The van der Waals surface area contributed by atoms with Crippen molar-refractivity contribution in [1.82, 2.24) is 15.2 Å². The number of nitrogens with zero attached hydrogens (tertiary/aromatic N) is 3. The van der Waals surface area contributed by atoms with E-state index in [0.29, 0.717) is 11.6 Å². The van der Waals surface area contributed by atoms with Gasteiger partial charge in [0.15, 0.2) is 5.69 Å². The summed E-state index contributed by atoms with van der Waals surface area (Å²) in [6.07, 6.45) is 2.48. The van der Waals surface area contributed by atoms with Gasteiger partial charge in [0.2, 0.25) is 5.95 Å². The van der Waals surface area contributed by atoms with E-state index in [2.05, 4.69) is 44.5 Å². The van der Waals surface area contributed by atoms with Crippen LogP contribution < -0.4 is 15.8 Å². The minimum absolute atomic E-state index is 0.266. The van der Waals surface area contributed by atoms with Gasteiger partial charge in [-0.1, -0.05) is 37.3 Å². The van der Waals surface area contributed by atoms with Crippen LogP contribution in [0.5, 0.6) is 0 Å². The minimum Gasteiger partial charge on any atom is -0.372 e. The number of nitrogens with one attached hydrogen (secondary N) is 2. The smallest absolute Gasteiger partial charge is 0.279 e. The zero-order valence-corrected chi connectivity index (χ0v) is 15.4. The van der Waals surface area contributed by atoms with E-state index in [0.717, 1.165) is 30.3 Å². The second kappa shape index (κ2) is 7.61. The van der Waals surface area contributed by atoms with E-state index in [1.54, 1.807) is 0 Å². The predicted molar refractivity (Wildman–Crippen MR) is 108 cm³/mol. The van der Waals surface area contributed by atoms with E-state index in [-0.39, 0.29) is 5.56 Å². The van der Waals surface area contributed by atoms with Crippen LogP contribution in [0.4, 0.5) is 17.3 Å². The number of hydrogen-bond acceptors (Lipinski definition) is 5. The van der Waals surface area contributed by atoms with Crippen molar-refractivity contribution in [2.24, 2.45) is 5.92 Å². The van der Waals surface area contributed by atoms with Crippen molar-refractivity contribution in [3.8, 4) is 11.3 Å². The molecule has 0 saturated carbocycles. The molecule has 1 fully saturated rings. The predicted octanol–water partition coefficient (Wildman–Crippen LogP) is 3.81. The molecule has 0 radical (unpaired) electrons. The Hall–Kier alpha value is -3.15. The molecule has 6 nitrogen and oxygen atoms in total. The van der Waals surface area contributed by atoms with Crippen molar-refractivity contribution in [1.29, 1.82) is 0 Å². The molecule has 0 amide bonds. The van der Waals surface area contributed by atoms with Crippen LogP contribution in [0.3, 0.4) is 0 Å². The van der Waals surface area contributed by atoms with Crippen LogP contribution in [0, 0.1) is 5.92 Å². The monoisotopic (exact) mass is 361 g/mol. The highest BCUT2D eigenvalue weighted by atomic mass is 16.1. The van der Waals surface area contributed by atoms with Gasteiger partial charge in [0.1, 0.15) is 0 Å². The number of benzene rings is 2. The normalized spacial score (nSPS) is 14.9. The van der Waals surface area contributed by atoms with Crippen molar-refractivity contribution >= 4 is 17.3 Å². The summed E-state index contributed by atoms with van der Waals surface area (Å²) in [5.74, 6) is 1.15. The molecule has 6 heteroatoms. The van der Waals surface area contributed by atoms with Crippen LogP contribution in [0.2, 0.25) is 0 Å². The summed E-state index contributed by atoms with van der Waals surface area (Å²) < 4.78 is 0.